The van der Waals surface area contributed by atoms with E-state index in [0.29, 0.717) is 19.0 Å². The van der Waals surface area contributed by atoms with Crippen molar-refractivity contribution in [2.75, 3.05) is 33.4 Å². The van der Waals surface area contributed by atoms with Gasteiger partial charge in [0.2, 0.25) is 5.76 Å². The third-order valence-electron chi connectivity index (χ3n) is 5.05. The third kappa shape index (κ3) is 3.44. The highest BCUT2D eigenvalue weighted by Gasteiger charge is 2.33. The van der Waals surface area contributed by atoms with Crippen LogP contribution in [0.5, 0.6) is 5.88 Å². The largest absolute Gasteiger partial charge is 0.479 e. The van der Waals surface area contributed by atoms with E-state index in [9.17, 15) is 4.79 Å². The van der Waals surface area contributed by atoms with Gasteiger partial charge in [0.25, 0.3) is 11.8 Å². The topological polar surface area (TPSA) is 85.9 Å². The molecule has 2 aliphatic rings. The maximum atomic E-state index is 12.8. The Labute approximate surface area is 157 Å². The number of carbonyl (C=O) groups is 1. The zero-order valence-corrected chi connectivity index (χ0v) is 16.0. The summed E-state index contributed by atoms with van der Waals surface area (Å²) in [6, 6.07) is 1.76. The fourth-order valence-electron chi connectivity index (χ4n) is 3.61. The fourth-order valence-corrected chi connectivity index (χ4v) is 3.61. The number of morpholine rings is 1. The molecular weight excluding hydrogens is 350 g/mol. The molecule has 0 saturated carbocycles. The third-order valence-corrected chi connectivity index (χ3v) is 5.05. The highest BCUT2D eigenvalue weighted by atomic mass is 16.5. The predicted octanol–water partition coefficient (Wildman–Crippen LogP) is 1.45. The smallest absolute Gasteiger partial charge is 0.293 e. The van der Waals surface area contributed by atoms with Crippen molar-refractivity contribution in [1.29, 1.82) is 0 Å². The van der Waals surface area contributed by atoms with E-state index in [4.69, 9.17) is 19.1 Å². The van der Waals surface area contributed by atoms with E-state index in [1.54, 1.807) is 4.90 Å². The summed E-state index contributed by atoms with van der Waals surface area (Å²) in [5.41, 5.74) is 3.30. The van der Waals surface area contributed by atoms with Crippen LogP contribution >= 0.6 is 0 Å². The highest BCUT2D eigenvalue weighted by Crippen LogP contribution is 2.30. The van der Waals surface area contributed by atoms with Gasteiger partial charge in [0.15, 0.2) is 0 Å². The Hall–Kier alpha value is -2.39. The molecule has 27 heavy (non-hydrogen) atoms. The van der Waals surface area contributed by atoms with Gasteiger partial charge in [-0.3, -0.25) is 14.4 Å². The molecule has 0 spiro atoms. The van der Waals surface area contributed by atoms with E-state index in [2.05, 4.69) is 23.9 Å². The number of hydrogen-bond donors (Lipinski definition) is 0. The zero-order chi connectivity index (χ0) is 19.0. The second kappa shape index (κ2) is 7.32. The number of fused-ring (bicyclic) bond motifs is 1. The monoisotopic (exact) mass is 375 g/mol. The van der Waals surface area contributed by atoms with Crippen LogP contribution in [0.25, 0.3) is 0 Å². The van der Waals surface area contributed by atoms with Crippen molar-refractivity contribution < 1.29 is 18.8 Å². The molecule has 2 aromatic rings. The number of ether oxygens (including phenoxy) is 2. The average molecular weight is 375 g/mol. The molecule has 2 aromatic heterocycles. The van der Waals surface area contributed by atoms with Crippen molar-refractivity contribution in [3.63, 3.8) is 0 Å². The maximum absolute atomic E-state index is 12.8. The number of rotatable bonds is 5. The molecule has 1 saturated heterocycles. The molecule has 4 heterocycles. The predicted molar refractivity (Wildman–Crippen MR) is 95.3 cm³/mol. The van der Waals surface area contributed by atoms with Crippen LogP contribution < -0.4 is 4.74 Å². The van der Waals surface area contributed by atoms with Crippen molar-refractivity contribution in [3.8, 4) is 5.88 Å². The van der Waals surface area contributed by atoms with Gasteiger partial charge in [0.1, 0.15) is 0 Å². The molecule has 1 amide bonds. The van der Waals surface area contributed by atoms with Crippen LogP contribution in [0.3, 0.4) is 0 Å². The van der Waals surface area contributed by atoms with Gasteiger partial charge in [-0.2, -0.15) is 5.10 Å². The Morgan fingerprint density at radius 2 is 2.07 bits per heavy atom. The summed E-state index contributed by atoms with van der Waals surface area (Å²) < 4.78 is 17.6. The van der Waals surface area contributed by atoms with Crippen LogP contribution in [-0.4, -0.2) is 64.1 Å². The van der Waals surface area contributed by atoms with Gasteiger partial charge in [0.05, 0.1) is 50.9 Å². The number of hydrogen-bond acceptors (Lipinski definition) is 7. The maximum Gasteiger partial charge on any atom is 0.293 e. The van der Waals surface area contributed by atoms with Gasteiger partial charge >= 0.3 is 0 Å². The summed E-state index contributed by atoms with van der Waals surface area (Å²) in [6.45, 7) is 9.37. The van der Waals surface area contributed by atoms with Gasteiger partial charge < -0.3 is 18.9 Å². The minimum Gasteiger partial charge on any atom is -0.479 e. The summed E-state index contributed by atoms with van der Waals surface area (Å²) in [4.78, 5) is 16.9. The second-order valence-corrected chi connectivity index (χ2v) is 7.19. The Balaban J connectivity index is 1.55. The first-order chi connectivity index (χ1) is 13.1. The quantitative estimate of drug-likeness (QED) is 0.782. The molecule has 0 radical (unpaired) electrons. The Bertz CT molecular complexity index is 822. The molecule has 1 fully saturated rings. The van der Waals surface area contributed by atoms with Crippen LogP contribution in [0.2, 0.25) is 0 Å². The molecule has 9 nitrogen and oxygen atoms in total. The van der Waals surface area contributed by atoms with Crippen molar-refractivity contribution in [2.45, 2.75) is 39.5 Å². The van der Waals surface area contributed by atoms with Crippen molar-refractivity contribution in [3.05, 3.63) is 28.8 Å². The minimum atomic E-state index is -0.186. The van der Waals surface area contributed by atoms with Crippen LogP contribution in [0.15, 0.2) is 10.6 Å². The molecule has 0 bridgehead atoms. The lowest BCUT2D eigenvalue weighted by molar-refractivity contribution is 0.0333. The molecule has 0 aromatic carbocycles. The van der Waals surface area contributed by atoms with Crippen LogP contribution in [-0.2, 0) is 24.4 Å². The average Bonchev–Trinajstić information content (AvgIpc) is 3.38. The number of nitrogens with zero attached hydrogens (tertiary/aromatic N) is 5. The summed E-state index contributed by atoms with van der Waals surface area (Å²) in [5.74, 6) is 0.307. The van der Waals surface area contributed by atoms with Crippen molar-refractivity contribution in [1.82, 2.24) is 24.7 Å². The normalized spacial score (nSPS) is 17.6. The molecule has 9 heteroatoms. The fraction of sp³-hybridized carbons (Fsp3) is 0.611. The lowest BCUT2D eigenvalue weighted by Crippen LogP contribution is -2.36. The lowest BCUT2D eigenvalue weighted by Gasteiger charge is -2.26. The van der Waals surface area contributed by atoms with E-state index in [-0.39, 0.29) is 17.7 Å². The summed E-state index contributed by atoms with van der Waals surface area (Å²) in [5, 5.41) is 8.57. The van der Waals surface area contributed by atoms with Crippen molar-refractivity contribution in [2.24, 2.45) is 0 Å². The van der Waals surface area contributed by atoms with Crippen LogP contribution in [0.4, 0.5) is 0 Å². The Morgan fingerprint density at radius 3 is 2.74 bits per heavy atom. The SMILES string of the molecule is COc1cc(C(=O)N2Cc3c(CN4CCOCC4)nn(C(C)C)c3C2)on1. The standard InChI is InChI=1S/C18H25N5O4/c1-12(2)23-15-11-22(18(24)16-8-17(25-3)20-27-16)9-13(15)14(19-23)10-21-4-6-26-7-5-21/h8,12H,4-7,9-11H2,1-3H3. The molecule has 0 unspecified atom stereocenters. The number of carbonyl (C=O) groups excluding carboxylic acids is 1. The van der Waals surface area contributed by atoms with E-state index in [1.165, 1.54) is 13.2 Å². The first-order valence-electron chi connectivity index (χ1n) is 9.26. The zero-order valence-electron chi connectivity index (χ0n) is 16.0. The lowest BCUT2D eigenvalue weighted by atomic mass is 10.2. The van der Waals surface area contributed by atoms with Crippen LogP contribution in [0.1, 0.15) is 47.4 Å². The summed E-state index contributed by atoms with van der Waals surface area (Å²) >= 11 is 0. The van der Waals surface area contributed by atoms with Gasteiger partial charge in [-0.1, -0.05) is 0 Å². The summed E-state index contributed by atoms with van der Waals surface area (Å²) in [6.07, 6.45) is 0. The molecule has 0 atom stereocenters. The van der Waals surface area contributed by atoms with Gasteiger partial charge in [0, 0.05) is 31.2 Å². The molecule has 4 rings (SSSR count). The molecule has 2 aliphatic heterocycles. The van der Waals surface area contributed by atoms with E-state index in [0.717, 1.165) is 49.8 Å². The van der Waals surface area contributed by atoms with Gasteiger partial charge in [-0.25, -0.2) is 0 Å². The Kier molecular flexibility index (Phi) is 4.88. The van der Waals surface area contributed by atoms with Gasteiger partial charge in [-0.15, -0.1) is 0 Å². The minimum absolute atomic E-state index is 0.186. The molecular formula is C18H25N5O4. The first kappa shape index (κ1) is 18.0. The highest BCUT2D eigenvalue weighted by molar-refractivity contribution is 5.92. The molecule has 146 valence electrons. The first-order valence-corrected chi connectivity index (χ1v) is 9.26. The van der Waals surface area contributed by atoms with Crippen LogP contribution in [0, 0.1) is 0 Å². The van der Waals surface area contributed by atoms with E-state index >= 15 is 0 Å². The van der Waals surface area contributed by atoms with E-state index in [1.807, 2.05) is 4.68 Å². The number of amides is 1. The summed E-state index contributed by atoms with van der Waals surface area (Å²) in [7, 11) is 1.49. The molecule has 0 N–H and O–H groups in total. The van der Waals surface area contributed by atoms with Crippen molar-refractivity contribution >= 4 is 5.91 Å². The number of aromatic nitrogens is 3. The number of methoxy groups -OCH3 is 1. The second-order valence-electron chi connectivity index (χ2n) is 7.19. The molecule has 0 aliphatic carbocycles. The van der Waals surface area contributed by atoms with Gasteiger partial charge in [-0.05, 0) is 19.0 Å². The Morgan fingerprint density at radius 1 is 1.30 bits per heavy atom. The van der Waals surface area contributed by atoms with E-state index < -0.39 is 0 Å².